The van der Waals surface area contributed by atoms with Gasteiger partial charge in [-0.3, -0.25) is 0 Å². The minimum atomic E-state index is -0.699. The molecule has 0 N–H and O–H groups in total. The van der Waals surface area contributed by atoms with Crippen LogP contribution in [-0.4, -0.2) is 34.1 Å². The summed E-state index contributed by atoms with van der Waals surface area (Å²) in [6.45, 7) is 6.96. The third kappa shape index (κ3) is 18.3. The fraction of sp³-hybridized carbons (Fsp3) is 1.00. The van der Waals surface area contributed by atoms with E-state index >= 15 is 0 Å². The van der Waals surface area contributed by atoms with E-state index in [-0.39, 0.29) is 0 Å². The van der Waals surface area contributed by atoms with Crippen molar-refractivity contribution in [2.24, 2.45) is 0 Å². The SMILES string of the molecule is CCCCCCCC[P+]([SeH])(CCCCCCCC)CCCCCCCC. The van der Waals surface area contributed by atoms with Crippen LogP contribution < -0.4 is 0 Å². The molecular formula is C24H52PSe+. The zero-order valence-electron chi connectivity index (χ0n) is 18.7. The Morgan fingerprint density at radius 1 is 0.385 bits per heavy atom. The van der Waals surface area contributed by atoms with E-state index in [1.807, 2.05) is 0 Å². The number of rotatable bonds is 21. The molecule has 0 aromatic heterocycles. The van der Waals surface area contributed by atoms with Crippen LogP contribution in [0.2, 0.25) is 0 Å². The molecule has 0 atom stereocenters. The zero-order chi connectivity index (χ0) is 19.3. The first-order chi connectivity index (χ1) is 12.7. The van der Waals surface area contributed by atoms with Crippen molar-refractivity contribution in [3.63, 3.8) is 0 Å². The van der Waals surface area contributed by atoms with Crippen LogP contribution in [0.15, 0.2) is 0 Å². The van der Waals surface area contributed by atoms with Crippen molar-refractivity contribution in [3.05, 3.63) is 0 Å². The molecule has 0 radical (unpaired) electrons. The second kappa shape index (κ2) is 20.7. The van der Waals surface area contributed by atoms with Crippen molar-refractivity contribution in [2.75, 3.05) is 18.5 Å². The number of unbranched alkanes of at least 4 members (excludes halogenated alkanes) is 15. The summed E-state index contributed by atoms with van der Waals surface area (Å²) in [6, 6.07) is 0. The Balaban J connectivity index is 4.02. The fourth-order valence-electron chi connectivity index (χ4n) is 3.89. The average molecular weight is 451 g/mol. The van der Waals surface area contributed by atoms with Crippen LogP contribution in [0.25, 0.3) is 0 Å². The van der Waals surface area contributed by atoms with Crippen molar-refractivity contribution < 1.29 is 0 Å². The first kappa shape index (κ1) is 26.9. The monoisotopic (exact) mass is 451 g/mol. The summed E-state index contributed by atoms with van der Waals surface area (Å²) in [7, 11) is 0. The molecule has 0 saturated heterocycles. The molecule has 26 heavy (non-hydrogen) atoms. The normalized spacial score (nSPS) is 12.0. The van der Waals surface area contributed by atoms with Crippen LogP contribution >= 0.6 is 5.95 Å². The van der Waals surface area contributed by atoms with Crippen molar-refractivity contribution in [2.45, 2.75) is 136 Å². The molecule has 0 aromatic carbocycles. The predicted molar refractivity (Wildman–Crippen MR) is 129 cm³/mol. The van der Waals surface area contributed by atoms with Gasteiger partial charge in [-0.15, -0.1) is 0 Å². The molecule has 0 unspecified atom stereocenters. The Morgan fingerprint density at radius 2 is 0.615 bits per heavy atom. The standard InChI is InChI=1S/C24H52PSe/c1-4-7-10-13-16-19-22-25(26,23-20-17-14-11-8-5-2)24-21-18-15-12-9-6-3/h26H,4-24H2,1-3H3/q+1. The van der Waals surface area contributed by atoms with Crippen LogP contribution in [0.4, 0.5) is 0 Å². The van der Waals surface area contributed by atoms with Gasteiger partial charge in [-0.05, 0) is 0 Å². The molecular weight excluding hydrogens is 398 g/mol. The molecule has 0 heterocycles. The van der Waals surface area contributed by atoms with E-state index in [0.717, 1.165) is 0 Å². The maximum absolute atomic E-state index is 3.27. The number of hydrogen-bond donors (Lipinski definition) is 0. The first-order valence-corrected chi connectivity index (χ1v) is 17.1. The Kier molecular flexibility index (Phi) is 21.4. The molecule has 0 aliphatic rings. The van der Waals surface area contributed by atoms with Gasteiger partial charge in [0, 0.05) is 0 Å². The van der Waals surface area contributed by atoms with E-state index in [1.54, 1.807) is 18.5 Å². The summed E-state index contributed by atoms with van der Waals surface area (Å²) in [4.78, 5) is 0. The second-order valence-corrected chi connectivity index (χ2v) is 17.4. The van der Waals surface area contributed by atoms with Crippen molar-refractivity contribution in [1.82, 2.24) is 0 Å². The van der Waals surface area contributed by atoms with Gasteiger partial charge in [-0.2, -0.15) is 0 Å². The van der Waals surface area contributed by atoms with E-state index < -0.39 is 5.95 Å². The van der Waals surface area contributed by atoms with E-state index in [2.05, 4.69) is 36.3 Å². The van der Waals surface area contributed by atoms with Crippen molar-refractivity contribution >= 4 is 21.5 Å². The van der Waals surface area contributed by atoms with Crippen LogP contribution in [0.1, 0.15) is 136 Å². The third-order valence-corrected chi connectivity index (χ3v) is 13.0. The average Bonchev–Trinajstić information content (AvgIpc) is 2.64. The molecule has 0 fully saturated rings. The zero-order valence-corrected chi connectivity index (χ0v) is 21.5. The van der Waals surface area contributed by atoms with Gasteiger partial charge in [0.1, 0.15) is 0 Å². The summed E-state index contributed by atoms with van der Waals surface area (Å²) in [5.41, 5.74) is 0. The quantitative estimate of drug-likeness (QED) is 0.0930. The topological polar surface area (TPSA) is 0 Å². The van der Waals surface area contributed by atoms with Crippen molar-refractivity contribution in [3.8, 4) is 0 Å². The van der Waals surface area contributed by atoms with Crippen molar-refractivity contribution in [1.29, 1.82) is 0 Å². The van der Waals surface area contributed by atoms with Gasteiger partial charge in [0.2, 0.25) is 0 Å². The Bertz CT molecular complexity index is 226. The molecule has 0 aliphatic heterocycles. The molecule has 0 aliphatic carbocycles. The summed E-state index contributed by atoms with van der Waals surface area (Å²) >= 11 is 3.27. The Labute approximate surface area is 176 Å². The van der Waals surface area contributed by atoms with Gasteiger partial charge >= 0.3 is 176 Å². The predicted octanol–water partition coefficient (Wildman–Crippen LogP) is 8.90. The number of hydrogen-bond acceptors (Lipinski definition) is 0. The fourth-order valence-corrected chi connectivity index (χ4v) is 9.67. The first-order valence-electron chi connectivity index (χ1n) is 12.3. The van der Waals surface area contributed by atoms with Crippen LogP contribution in [-0.2, 0) is 0 Å². The van der Waals surface area contributed by atoms with Gasteiger partial charge in [-0.25, -0.2) is 0 Å². The van der Waals surface area contributed by atoms with Gasteiger partial charge in [-0.1, -0.05) is 0 Å². The Morgan fingerprint density at radius 3 is 0.885 bits per heavy atom. The van der Waals surface area contributed by atoms with Crippen LogP contribution in [0.5, 0.6) is 0 Å². The molecule has 0 rings (SSSR count). The van der Waals surface area contributed by atoms with Gasteiger partial charge in [0.25, 0.3) is 0 Å². The molecule has 2 heteroatoms. The van der Waals surface area contributed by atoms with Gasteiger partial charge in [0.05, 0.1) is 0 Å². The molecule has 158 valence electrons. The minimum absolute atomic E-state index is 0.699. The second-order valence-electron chi connectivity index (χ2n) is 8.57. The summed E-state index contributed by atoms with van der Waals surface area (Å²) in [6.07, 6.45) is 31.0. The Hall–Kier alpha value is 0.949. The van der Waals surface area contributed by atoms with E-state index in [9.17, 15) is 0 Å². The molecule has 0 nitrogen and oxygen atoms in total. The molecule has 0 bridgehead atoms. The van der Waals surface area contributed by atoms with Gasteiger partial charge < -0.3 is 0 Å². The van der Waals surface area contributed by atoms with E-state index in [0.29, 0.717) is 0 Å². The molecule has 0 saturated carbocycles. The molecule has 0 amide bonds. The summed E-state index contributed by atoms with van der Waals surface area (Å²) in [5.74, 6) is -0.699. The third-order valence-electron chi connectivity index (χ3n) is 5.78. The van der Waals surface area contributed by atoms with Gasteiger partial charge in [0.15, 0.2) is 0 Å². The summed E-state index contributed by atoms with van der Waals surface area (Å²) < 4.78 is 0. The van der Waals surface area contributed by atoms with E-state index in [1.165, 1.54) is 116 Å². The maximum atomic E-state index is 3.27. The summed E-state index contributed by atoms with van der Waals surface area (Å²) in [5, 5.41) is 0. The van der Waals surface area contributed by atoms with Crippen LogP contribution in [0.3, 0.4) is 0 Å². The molecule has 0 spiro atoms. The molecule has 0 aromatic rings. The van der Waals surface area contributed by atoms with Crippen LogP contribution in [0, 0.1) is 0 Å². The van der Waals surface area contributed by atoms with E-state index in [4.69, 9.17) is 0 Å².